The lowest BCUT2D eigenvalue weighted by molar-refractivity contribution is 0.600. The molecule has 0 bridgehead atoms. The Kier molecular flexibility index (Phi) is 5.74. The Morgan fingerprint density at radius 1 is 0.938 bits per heavy atom. The van der Waals surface area contributed by atoms with E-state index in [1.165, 1.54) is 0 Å². The Balaban J connectivity index is 2.73. The molecule has 0 aromatic rings. The van der Waals surface area contributed by atoms with Crippen LogP contribution in [0.1, 0.15) is 38.5 Å². The van der Waals surface area contributed by atoms with Crippen molar-refractivity contribution in [3.63, 3.8) is 0 Å². The normalized spacial score (nSPS) is 25.7. The summed E-state index contributed by atoms with van der Waals surface area (Å²) in [5.41, 5.74) is 0. The lowest BCUT2D eigenvalue weighted by Crippen LogP contribution is -2.16. The van der Waals surface area contributed by atoms with Crippen molar-refractivity contribution >= 4 is 21.4 Å². The van der Waals surface area contributed by atoms with E-state index >= 15 is 0 Å². The largest absolute Gasteiger partial charge is 0.225 e. The SMILES string of the molecule is O=S1(=O)CC#CCCCCCCC#CC1Cl. The zero-order chi connectivity index (χ0) is 11.9. The van der Waals surface area contributed by atoms with Gasteiger partial charge in [-0.15, -0.1) is 11.8 Å². The van der Waals surface area contributed by atoms with E-state index in [4.69, 9.17) is 11.6 Å². The number of alkyl halides is 1. The minimum absolute atomic E-state index is 0.185. The van der Waals surface area contributed by atoms with Crippen LogP contribution in [-0.2, 0) is 9.84 Å². The first-order valence-electron chi connectivity index (χ1n) is 5.43. The van der Waals surface area contributed by atoms with E-state index in [1.54, 1.807) is 0 Å². The molecule has 0 amide bonds. The summed E-state index contributed by atoms with van der Waals surface area (Å²) >= 11 is 5.72. The van der Waals surface area contributed by atoms with E-state index in [2.05, 4.69) is 23.7 Å². The number of sulfone groups is 1. The molecule has 0 radical (unpaired) electrons. The van der Waals surface area contributed by atoms with Crippen LogP contribution in [0, 0.1) is 23.7 Å². The molecule has 0 spiro atoms. The fraction of sp³-hybridized carbons (Fsp3) is 0.667. The first-order valence-corrected chi connectivity index (χ1v) is 7.58. The second-order valence-electron chi connectivity index (χ2n) is 3.71. The second-order valence-corrected chi connectivity index (χ2v) is 6.49. The van der Waals surface area contributed by atoms with Gasteiger partial charge < -0.3 is 0 Å². The molecule has 0 saturated heterocycles. The standard InChI is InChI=1S/C12H15ClO2S/c13-12-10-8-6-4-2-1-3-5-7-9-11-16(12,14)15/h12H,1-6,11H2. The lowest BCUT2D eigenvalue weighted by Gasteiger charge is -1.99. The molecule has 0 aromatic heterocycles. The molecular weight excluding hydrogens is 244 g/mol. The molecule has 0 aromatic carbocycles. The maximum atomic E-state index is 11.6. The van der Waals surface area contributed by atoms with Crippen LogP contribution in [-0.4, -0.2) is 18.9 Å². The highest BCUT2D eigenvalue weighted by Gasteiger charge is 2.19. The van der Waals surface area contributed by atoms with Crippen molar-refractivity contribution in [3.8, 4) is 23.7 Å². The molecule has 1 aliphatic rings. The van der Waals surface area contributed by atoms with Crippen molar-refractivity contribution in [1.29, 1.82) is 0 Å². The van der Waals surface area contributed by atoms with Crippen molar-refractivity contribution in [2.45, 2.75) is 43.2 Å². The number of hydrogen-bond donors (Lipinski definition) is 0. The first-order chi connectivity index (χ1) is 7.63. The average Bonchev–Trinajstić information content (AvgIpc) is 2.25. The summed E-state index contributed by atoms with van der Waals surface area (Å²) in [6, 6.07) is 0. The van der Waals surface area contributed by atoms with Gasteiger partial charge in [-0.1, -0.05) is 36.3 Å². The van der Waals surface area contributed by atoms with Crippen molar-refractivity contribution in [3.05, 3.63) is 0 Å². The van der Waals surface area contributed by atoms with E-state index < -0.39 is 14.5 Å². The van der Waals surface area contributed by atoms with Gasteiger partial charge in [-0.05, 0) is 12.8 Å². The average molecular weight is 259 g/mol. The first kappa shape index (κ1) is 13.4. The van der Waals surface area contributed by atoms with Crippen molar-refractivity contribution in [2.24, 2.45) is 0 Å². The second kappa shape index (κ2) is 6.84. The van der Waals surface area contributed by atoms with Gasteiger partial charge in [0.1, 0.15) is 5.75 Å². The van der Waals surface area contributed by atoms with Crippen LogP contribution in [0.5, 0.6) is 0 Å². The van der Waals surface area contributed by atoms with E-state index in [9.17, 15) is 8.42 Å². The summed E-state index contributed by atoms with van der Waals surface area (Å²) in [6.45, 7) is 0. The fourth-order valence-corrected chi connectivity index (χ4v) is 2.31. The Labute approximate surface area is 103 Å². The van der Waals surface area contributed by atoms with Gasteiger partial charge in [0.15, 0.2) is 14.5 Å². The number of rotatable bonds is 0. The maximum absolute atomic E-state index is 11.6. The Hall–Kier alpha value is -0.640. The number of halogens is 1. The predicted octanol–water partition coefficient (Wildman–Crippen LogP) is 2.33. The van der Waals surface area contributed by atoms with Crippen LogP contribution in [0.3, 0.4) is 0 Å². The van der Waals surface area contributed by atoms with Gasteiger partial charge in [-0.25, -0.2) is 8.42 Å². The third kappa shape index (κ3) is 4.92. The predicted molar refractivity (Wildman–Crippen MR) is 66.7 cm³/mol. The van der Waals surface area contributed by atoms with E-state index in [-0.39, 0.29) is 5.75 Å². The van der Waals surface area contributed by atoms with Gasteiger partial charge >= 0.3 is 0 Å². The highest BCUT2D eigenvalue weighted by Crippen LogP contribution is 2.08. The molecule has 1 atom stereocenters. The van der Waals surface area contributed by atoms with Gasteiger partial charge in [0.2, 0.25) is 0 Å². The molecule has 1 heterocycles. The minimum atomic E-state index is -3.38. The Bertz CT molecular complexity index is 431. The molecule has 88 valence electrons. The van der Waals surface area contributed by atoms with Gasteiger partial charge in [0.25, 0.3) is 0 Å². The highest BCUT2D eigenvalue weighted by atomic mass is 35.5. The summed E-state index contributed by atoms with van der Waals surface area (Å²) in [7, 11) is -3.38. The summed E-state index contributed by atoms with van der Waals surface area (Å²) in [4.78, 5) is 0. The van der Waals surface area contributed by atoms with Crippen LogP contribution in [0.15, 0.2) is 0 Å². The topological polar surface area (TPSA) is 34.1 Å². The lowest BCUT2D eigenvalue weighted by atomic mass is 10.1. The highest BCUT2D eigenvalue weighted by molar-refractivity contribution is 7.93. The van der Waals surface area contributed by atoms with Crippen LogP contribution in [0.25, 0.3) is 0 Å². The third-order valence-corrected chi connectivity index (χ3v) is 4.50. The van der Waals surface area contributed by atoms with Crippen LogP contribution < -0.4 is 0 Å². The van der Waals surface area contributed by atoms with Gasteiger partial charge in [-0.2, -0.15) is 0 Å². The van der Waals surface area contributed by atoms with Crippen molar-refractivity contribution < 1.29 is 8.42 Å². The maximum Gasteiger partial charge on any atom is 0.196 e. The van der Waals surface area contributed by atoms with Gasteiger partial charge in [0.05, 0.1) is 0 Å². The molecule has 0 saturated carbocycles. The Morgan fingerprint density at radius 3 is 2.25 bits per heavy atom. The molecule has 0 N–H and O–H groups in total. The summed E-state index contributed by atoms with van der Waals surface area (Å²) in [5.74, 6) is 10.7. The van der Waals surface area contributed by atoms with Crippen LogP contribution in [0.4, 0.5) is 0 Å². The Morgan fingerprint density at radius 2 is 1.56 bits per heavy atom. The molecule has 2 nitrogen and oxygen atoms in total. The minimum Gasteiger partial charge on any atom is -0.225 e. The van der Waals surface area contributed by atoms with E-state index in [0.717, 1.165) is 38.5 Å². The van der Waals surface area contributed by atoms with Crippen LogP contribution in [0.2, 0.25) is 0 Å². The fourth-order valence-electron chi connectivity index (χ4n) is 1.34. The van der Waals surface area contributed by atoms with E-state index in [1.807, 2.05) is 0 Å². The zero-order valence-corrected chi connectivity index (χ0v) is 10.7. The van der Waals surface area contributed by atoms with Gasteiger partial charge in [-0.3, -0.25) is 0 Å². The van der Waals surface area contributed by atoms with E-state index in [0.29, 0.717) is 0 Å². The monoisotopic (exact) mass is 258 g/mol. The molecule has 1 rings (SSSR count). The molecule has 1 aliphatic heterocycles. The molecule has 0 aliphatic carbocycles. The smallest absolute Gasteiger partial charge is 0.196 e. The summed E-state index contributed by atoms with van der Waals surface area (Å²) in [6.07, 6.45) is 5.78. The zero-order valence-electron chi connectivity index (χ0n) is 9.13. The molecule has 4 heteroatoms. The third-order valence-electron chi connectivity index (χ3n) is 2.28. The molecular formula is C12H15ClO2S. The van der Waals surface area contributed by atoms with Gasteiger partial charge in [0, 0.05) is 12.8 Å². The molecule has 1 unspecified atom stereocenters. The summed E-state index contributed by atoms with van der Waals surface area (Å²) in [5, 5.41) is 0. The molecule has 16 heavy (non-hydrogen) atoms. The van der Waals surface area contributed by atoms with Crippen molar-refractivity contribution in [2.75, 3.05) is 5.75 Å². The quantitative estimate of drug-likeness (QED) is 0.494. The molecule has 0 fully saturated rings. The van der Waals surface area contributed by atoms with Crippen molar-refractivity contribution in [1.82, 2.24) is 0 Å². The van der Waals surface area contributed by atoms with Crippen LogP contribution >= 0.6 is 11.6 Å². The number of hydrogen-bond acceptors (Lipinski definition) is 2. The summed E-state index contributed by atoms with van der Waals surface area (Å²) < 4.78 is 22.0.